The summed E-state index contributed by atoms with van der Waals surface area (Å²) in [7, 11) is 0. The third-order valence-electron chi connectivity index (χ3n) is 4.20. The van der Waals surface area contributed by atoms with Crippen LogP contribution >= 0.6 is 11.3 Å². The van der Waals surface area contributed by atoms with Crippen LogP contribution in [0.1, 0.15) is 10.6 Å². The molecule has 0 amide bonds. The predicted molar refractivity (Wildman–Crippen MR) is 103 cm³/mol. The lowest BCUT2D eigenvalue weighted by molar-refractivity contribution is 0.411. The van der Waals surface area contributed by atoms with E-state index < -0.39 is 0 Å². The average molecular weight is 358 g/mol. The maximum Gasteiger partial charge on any atom is 0.139 e. The summed E-state index contributed by atoms with van der Waals surface area (Å²) in [5, 5.41) is 30.4. The van der Waals surface area contributed by atoms with Gasteiger partial charge in [0.1, 0.15) is 16.6 Å². The van der Waals surface area contributed by atoms with Gasteiger partial charge in [0.25, 0.3) is 0 Å². The highest BCUT2D eigenvalue weighted by Crippen LogP contribution is 2.34. The number of aromatic nitrogens is 1. The Hall–Kier alpha value is -3.43. The van der Waals surface area contributed by atoms with Crippen molar-refractivity contribution in [3.05, 3.63) is 76.3 Å². The van der Waals surface area contributed by atoms with E-state index in [1.165, 1.54) is 11.3 Å². The molecule has 2 aromatic carbocycles. The Morgan fingerprint density at radius 1 is 1.12 bits per heavy atom. The van der Waals surface area contributed by atoms with Crippen LogP contribution in [0.25, 0.3) is 16.8 Å². The second-order valence-electron chi connectivity index (χ2n) is 5.82. The van der Waals surface area contributed by atoms with E-state index in [9.17, 15) is 5.11 Å². The van der Waals surface area contributed by atoms with Crippen LogP contribution < -0.4 is 4.90 Å². The minimum Gasteiger partial charge on any atom is -0.510 e. The van der Waals surface area contributed by atoms with Crippen LogP contribution in [-0.2, 0) is 0 Å². The van der Waals surface area contributed by atoms with E-state index in [1.54, 1.807) is 29.2 Å². The molecule has 0 saturated heterocycles. The summed E-state index contributed by atoms with van der Waals surface area (Å²) in [6.07, 6.45) is 0. The fourth-order valence-corrected chi connectivity index (χ4v) is 3.77. The number of nitrogens with one attached hydrogen (secondary N) is 1. The average Bonchev–Trinajstić information content (AvgIpc) is 3.27. The summed E-state index contributed by atoms with van der Waals surface area (Å²) >= 11 is 1.41. The quantitative estimate of drug-likeness (QED) is 0.724. The number of hydrogen-bond acceptors (Lipinski definition) is 5. The van der Waals surface area contributed by atoms with Crippen molar-refractivity contribution in [1.82, 2.24) is 4.98 Å². The molecule has 1 aromatic heterocycles. The summed E-state index contributed by atoms with van der Waals surface area (Å²) in [6, 6.07) is 18.9. The minimum absolute atomic E-state index is 0.133. The van der Waals surface area contributed by atoms with E-state index in [1.807, 2.05) is 35.7 Å². The van der Waals surface area contributed by atoms with E-state index in [0.717, 1.165) is 16.9 Å². The molecule has 0 saturated carbocycles. The molecule has 0 aliphatic carbocycles. The molecule has 3 aromatic rings. The standard InChI is InChI=1S/C20H14N4OS/c21-10-13-6-8-15(9-7-13)24-11-17(25)18(19(24)22)20-23-16(12-26-20)14-4-2-1-3-5-14/h1-9,12,22,25H,11H2. The van der Waals surface area contributed by atoms with Crippen LogP contribution in [-0.4, -0.2) is 22.5 Å². The molecule has 0 bridgehead atoms. The highest BCUT2D eigenvalue weighted by atomic mass is 32.1. The van der Waals surface area contributed by atoms with Gasteiger partial charge in [0.15, 0.2) is 0 Å². The normalized spacial score (nSPS) is 14.0. The van der Waals surface area contributed by atoms with Crippen molar-refractivity contribution in [2.45, 2.75) is 0 Å². The molecular formula is C20H14N4OS. The number of nitriles is 1. The van der Waals surface area contributed by atoms with Crippen LogP contribution in [0.5, 0.6) is 0 Å². The molecule has 0 spiro atoms. The van der Waals surface area contributed by atoms with Crippen LogP contribution in [0.15, 0.2) is 65.7 Å². The first kappa shape index (κ1) is 16.1. The zero-order chi connectivity index (χ0) is 18.1. The van der Waals surface area contributed by atoms with Gasteiger partial charge >= 0.3 is 0 Å². The number of nitrogens with zero attached hydrogens (tertiary/aromatic N) is 3. The topological polar surface area (TPSA) is 84.0 Å². The molecule has 2 N–H and O–H groups in total. The van der Waals surface area contributed by atoms with Crippen LogP contribution in [0.2, 0.25) is 0 Å². The maximum absolute atomic E-state index is 10.4. The lowest BCUT2D eigenvalue weighted by atomic mass is 10.2. The number of amidine groups is 1. The molecule has 0 atom stereocenters. The second-order valence-corrected chi connectivity index (χ2v) is 6.68. The van der Waals surface area contributed by atoms with Crippen molar-refractivity contribution < 1.29 is 5.11 Å². The van der Waals surface area contributed by atoms with Crippen molar-refractivity contribution in [2.24, 2.45) is 0 Å². The second kappa shape index (κ2) is 6.47. The van der Waals surface area contributed by atoms with Gasteiger partial charge in [0.2, 0.25) is 0 Å². The van der Waals surface area contributed by atoms with E-state index >= 15 is 0 Å². The molecule has 5 nitrogen and oxygen atoms in total. The fraction of sp³-hybridized carbons (Fsp3) is 0.0500. The Balaban J connectivity index is 1.63. The first-order valence-corrected chi connectivity index (χ1v) is 8.85. The summed E-state index contributed by atoms with van der Waals surface area (Å²) in [6.45, 7) is 0.223. The molecule has 6 heteroatoms. The molecule has 4 rings (SSSR count). The van der Waals surface area contributed by atoms with Crippen molar-refractivity contribution in [3.8, 4) is 17.3 Å². The molecular weight excluding hydrogens is 344 g/mol. The Bertz CT molecular complexity index is 1050. The zero-order valence-electron chi connectivity index (χ0n) is 13.7. The van der Waals surface area contributed by atoms with Crippen LogP contribution in [0.3, 0.4) is 0 Å². The van der Waals surface area contributed by atoms with Gasteiger partial charge < -0.3 is 10.0 Å². The summed E-state index contributed by atoms with van der Waals surface area (Å²) in [5.74, 6) is 0.342. The minimum atomic E-state index is 0.133. The molecule has 26 heavy (non-hydrogen) atoms. The first-order chi connectivity index (χ1) is 12.7. The smallest absolute Gasteiger partial charge is 0.139 e. The Labute approximate surface area is 154 Å². The SMILES string of the molecule is N#Cc1ccc(N2CC(O)=C(c3nc(-c4ccccc4)cs3)C2=N)cc1. The Morgan fingerprint density at radius 2 is 1.85 bits per heavy atom. The highest BCUT2D eigenvalue weighted by molar-refractivity contribution is 7.11. The number of rotatable bonds is 3. The lowest BCUT2D eigenvalue weighted by Gasteiger charge is -2.18. The predicted octanol–water partition coefficient (Wildman–Crippen LogP) is 4.45. The van der Waals surface area contributed by atoms with Crippen molar-refractivity contribution >= 4 is 28.4 Å². The van der Waals surface area contributed by atoms with Crippen LogP contribution in [0.4, 0.5) is 5.69 Å². The third-order valence-corrected chi connectivity index (χ3v) is 5.06. The van der Waals surface area contributed by atoms with Gasteiger partial charge in [-0.2, -0.15) is 5.26 Å². The zero-order valence-corrected chi connectivity index (χ0v) is 14.5. The molecule has 126 valence electrons. The Kier molecular flexibility index (Phi) is 3.99. The molecule has 2 heterocycles. The number of thiazole rings is 1. The number of hydrogen-bond donors (Lipinski definition) is 2. The summed E-state index contributed by atoms with van der Waals surface area (Å²) in [5.41, 5.74) is 3.61. The molecule has 1 aliphatic heterocycles. The monoisotopic (exact) mass is 358 g/mol. The van der Waals surface area contributed by atoms with Gasteiger partial charge in [-0.15, -0.1) is 11.3 Å². The van der Waals surface area contributed by atoms with Crippen molar-refractivity contribution in [1.29, 1.82) is 10.7 Å². The Morgan fingerprint density at radius 3 is 2.54 bits per heavy atom. The van der Waals surface area contributed by atoms with E-state index in [2.05, 4.69) is 11.1 Å². The van der Waals surface area contributed by atoms with Gasteiger partial charge in [-0.1, -0.05) is 30.3 Å². The van der Waals surface area contributed by atoms with Gasteiger partial charge in [0.05, 0.1) is 29.4 Å². The lowest BCUT2D eigenvalue weighted by Crippen LogP contribution is -2.25. The number of aliphatic hydroxyl groups excluding tert-OH is 1. The fourth-order valence-electron chi connectivity index (χ4n) is 2.87. The third kappa shape index (κ3) is 2.75. The largest absolute Gasteiger partial charge is 0.510 e. The molecule has 0 unspecified atom stereocenters. The molecule has 0 radical (unpaired) electrons. The number of benzene rings is 2. The molecule has 1 aliphatic rings. The van der Waals surface area contributed by atoms with E-state index in [4.69, 9.17) is 10.7 Å². The van der Waals surface area contributed by atoms with Gasteiger partial charge in [0, 0.05) is 16.6 Å². The van der Waals surface area contributed by atoms with E-state index in [-0.39, 0.29) is 18.1 Å². The molecule has 0 fully saturated rings. The number of anilines is 1. The van der Waals surface area contributed by atoms with Crippen LogP contribution in [0, 0.1) is 16.7 Å². The number of aliphatic hydroxyl groups is 1. The first-order valence-electron chi connectivity index (χ1n) is 7.97. The van der Waals surface area contributed by atoms with Gasteiger partial charge in [-0.25, -0.2) is 4.98 Å². The highest BCUT2D eigenvalue weighted by Gasteiger charge is 2.31. The maximum atomic E-state index is 10.4. The van der Waals surface area contributed by atoms with Crippen molar-refractivity contribution in [3.63, 3.8) is 0 Å². The van der Waals surface area contributed by atoms with E-state index in [0.29, 0.717) is 16.1 Å². The van der Waals surface area contributed by atoms with Gasteiger partial charge in [-0.05, 0) is 24.3 Å². The van der Waals surface area contributed by atoms with Gasteiger partial charge in [-0.3, -0.25) is 5.41 Å². The summed E-state index contributed by atoms with van der Waals surface area (Å²) < 4.78 is 0. The van der Waals surface area contributed by atoms with Crippen molar-refractivity contribution in [2.75, 3.05) is 11.4 Å². The summed E-state index contributed by atoms with van der Waals surface area (Å²) in [4.78, 5) is 6.31.